The molecule has 1 aromatic carbocycles. The third-order valence-electron chi connectivity index (χ3n) is 1.88. The molecule has 0 spiro atoms. The number of halogens is 4. The Labute approximate surface area is 93.3 Å². The molecule has 1 atom stereocenters. The van der Waals surface area contributed by atoms with E-state index < -0.39 is 41.0 Å². The maximum Gasteiger partial charge on any atom is 0.274 e. The summed E-state index contributed by atoms with van der Waals surface area (Å²) >= 11 is 0. The van der Waals surface area contributed by atoms with Crippen LogP contribution < -0.4 is 16.0 Å². The van der Waals surface area contributed by atoms with Crippen LogP contribution in [0.3, 0.4) is 0 Å². The van der Waals surface area contributed by atoms with Crippen LogP contribution in [0.5, 0.6) is 5.75 Å². The molecular weight excluding hydrogens is 244 g/mol. The van der Waals surface area contributed by atoms with Crippen molar-refractivity contribution in [2.75, 3.05) is 0 Å². The van der Waals surface area contributed by atoms with Crippen LogP contribution in [-0.4, -0.2) is 12.0 Å². The summed E-state index contributed by atoms with van der Waals surface area (Å²) < 4.78 is 56.2. The molecule has 0 bridgehead atoms. The van der Waals surface area contributed by atoms with Gasteiger partial charge in [-0.15, -0.1) is 0 Å². The van der Waals surface area contributed by atoms with E-state index >= 15 is 0 Å². The summed E-state index contributed by atoms with van der Waals surface area (Å²) in [7, 11) is 0. The standard InChI is InChI=1S/C9H8F4N2O2/c1-3(9(16)15-14)17-8-6(12)4(10)2-5(11)7(8)13/h2-3H,14H2,1H3,(H,15,16). The SMILES string of the molecule is CC(Oc1c(F)c(F)cc(F)c1F)C(=O)NN. The number of ether oxygens (including phenoxy) is 1. The topological polar surface area (TPSA) is 64.3 Å². The second kappa shape index (κ2) is 5.00. The first-order chi connectivity index (χ1) is 7.88. The Morgan fingerprint density at radius 3 is 2.18 bits per heavy atom. The molecule has 0 aromatic heterocycles. The van der Waals surface area contributed by atoms with Gasteiger partial charge in [0.1, 0.15) is 0 Å². The minimum Gasteiger partial charge on any atom is -0.474 e. The van der Waals surface area contributed by atoms with Gasteiger partial charge in [0.15, 0.2) is 23.5 Å². The van der Waals surface area contributed by atoms with Crippen molar-refractivity contribution in [3.8, 4) is 5.75 Å². The van der Waals surface area contributed by atoms with Crippen molar-refractivity contribution < 1.29 is 27.1 Å². The highest BCUT2D eigenvalue weighted by Gasteiger charge is 2.24. The number of hydrogen-bond donors (Lipinski definition) is 2. The van der Waals surface area contributed by atoms with Gasteiger partial charge >= 0.3 is 0 Å². The van der Waals surface area contributed by atoms with Crippen LogP contribution in [0.1, 0.15) is 6.92 Å². The number of hydrazine groups is 1. The van der Waals surface area contributed by atoms with Gasteiger partial charge in [-0.1, -0.05) is 0 Å². The van der Waals surface area contributed by atoms with Crippen LogP contribution in [0.2, 0.25) is 0 Å². The van der Waals surface area contributed by atoms with E-state index in [4.69, 9.17) is 5.84 Å². The lowest BCUT2D eigenvalue weighted by atomic mass is 10.3. The first-order valence-corrected chi connectivity index (χ1v) is 4.38. The van der Waals surface area contributed by atoms with Crippen LogP contribution in [0, 0.1) is 23.3 Å². The maximum absolute atomic E-state index is 13.1. The summed E-state index contributed by atoms with van der Waals surface area (Å²) in [6.45, 7) is 1.10. The second-order valence-corrected chi connectivity index (χ2v) is 3.07. The number of carbonyl (C=O) groups excluding carboxylic acids is 1. The molecule has 0 aliphatic carbocycles. The smallest absolute Gasteiger partial charge is 0.274 e. The monoisotopic (exact) mass is 252 g/mol. The highest BCUT2D eigenvalue weighted by Crippen LogP contribution is 2.27. The molecule has 0 aliphatic rings. The molecule has 0 saturated carbocycles. The van der Waals surface area contributed by atoms with Crippen LogP contribution in [0.25, 0.3) is 0 Å². The number of nitrogens with two attached hydrogens (primary N) is 1. The highest BCUT2D eigenvalue weighted by atomic mass is 19.2. The average molecular weight is 252 g/mol. The minimum atomic E-state index is -1.72. The lowest BCUT2D eigenvalue weighted by Crippen LogP contribution is -2.40. The summed E-state index contributed by atoms with van der Waals surface area (Å²) in [4.78, 5) is 10.9. The van der Waals surface area contributed by atoms with Crippen molar-refractivity contribution in [1.82, 2.24) is 5.43 Å². The number of carbonyl (C=O) groups is 1. The Kier molecular flexibility index (Phi) is 3.89. The molecule has 0 heterocycles. The first-order valence-electron chi connectivity index (χ1n) is 4.38. The quantitative estimate of drug-likeness (QED) is 0.277. The predicted octanol–water partition coefficient (Wildman–Crippen LogP) is 1.00. The molecule has 1 aromatic rings. The van der Waals surface area contributed by atoms with E-state index in [1.807, 2.05) is 0 Å². The third kappa shape index (κ3) is 2.64. The Bertz CT molecular complexity index is 427. The van der Waals surface area contributed by atoms with Crippen LogP contribution >= 0.6 is 0 Å². The van der Waals surface area contributed by atoms with Crippen molar-refractivity contribution >= 4 is 5.91 Å². The van der Waals surface area contributed by atoms with Crippen LogP contribution in [0.15, 0.2) is 6.07 Å². The number of hydrogen-bond acceptors (Lipinski definition) is 3. The van der Waals surface area contributed by atoms with Gasteiger partial charge in [0.25, 0.3) is 5.91 Å². The molecule has 4 nitrogen and oxygen atoms in total. The summed E-state index contributed by atoms with van der Waals surface area (Å²) in [6.07, 6.45) is -1.41. The Morgan fingerprint density at radius 2 is 1.76 bits per heavy atom. The average Bonchev–Trinajstić information content (AvgIpc) is 2.30. The fourth-order valence-electron chi connectivity index (χ4n) is 1.00. The maximum atomic E-state index is 13.1. The van der Waals surface area contributed by atoms with Gasteiger partial charge in [-0.2, -0.15) is 8.78 Å². The molecule has 17 heavy (non-hydrogen) atoms. The molecule has 1 amide bonds. The molecular formula is C9H8F4N2O2. The van der Waals surface area contributed by atoms with Crippen molar-refractivity contribution in [3.05, 3.63) is 29.3 Å². The molecule has 0 fully saturated rings. The molecule has 1 unspecified atom stereocenters. The van der Waals surface area contributed by atoms with E-state index in [-0.39, 0.29) is 6.07 Å². The molecule has 0 saturated heterocycles. The molecule has 3 N–H and O–H groups in total. The van der Waals surface area contributed by atoms with Gasteiger partial charge in [0, 0.05) is 6.07 Å². The van der Waals surface area contributed by atoms with Gasteiger partial charge in [-0.05, 0) is 6.92 Å². The van der Waals surface area contributed by atoms with E-state index in [0.717, 1.165) is 6.92 Å². The lowest BCUT2D eigenvalue weighted by molar-refractivity contribution is -0.127. The van der Waals surface area contributed by atoms with E-state index in [1.165, 1.54) is 0 Å². The van der Waals surface area contributed by atoms with Gasteiger partial charge in [0.2, 0.25) is 11.6 Å². The second-order valence-electron chi connectivity index (χ2n) is 3.07. The molecule has 0 radical (unpaired) electrons. The summed E-state index contributed by atoms with van der Waals surface area (Å²) in [5.41, 5.74) is 1.66. The summed E-state index contributed by atoms with van der Waals surface area (Å²) in [5, 5.41) is 0. The zero-order valence-electron chi connectivity index (χ0n) is 8.56. The fraction of sp³-hybridized carbons (Fsp3) is 0.222. The number of nitrogens with one attached hydrogen (secondary N) is 1. The predicted molar refractivity (Wildman–Crippen MR) is 48.7 cm³/mol. The largest absolute Gasteiger partial charge is 0.474 e. The summed E-state index contributed by atoms with van der Waals surface area (Å²) in [5.74, 6) is -4.16. The van der Waals surface area contributed by atoms with E-state index in [9.17, 15) is 22.4 Å². The normalized spacial score (nSPS) is 12.1. The van der Waals surface area contributed by atoms with Crippen molar-refractivity contribution in [2.45, 2.75) is 13.0 Å². The minimum absolute atomic E-state index is 0.0329. The van der Waals surface area contributed by atoms with Gasteiger partial charge in [-0.3, -0.25) is 10.2 Å². The molecule has 1 rings (SSSR count). The van der Waals surface area contributed by atoms with Crippen molar-refractivity contribution in [3.63, 3.8) is 0 Å². The Hall–Kier alpha value is -1.83. The zero-order valence-corrected chi connectivity index (χ0v) is 8.56. The fourth-order valence-corrected chi connectivity index (χ4v) is 1.00. The van der Waals surface area contributed by atoms with Gasteiger partial charge < -0.3 is 4.74 Å². The number of rotatable bonds is 3. The summed E-state index contributed by atoms with van der Waals surface area (Å²) in [6, 6.07) is 0.0329. The lowest BCUT2D eigenvalue weighted by Gasteiger charge is -2.14. The zero-order chi connectivity index (χ0) is 13.2. The molecule has 0 aliphatic heterocycles. The Morgan fingerprint density at radius 1 is 1.29 bits per heavy atom. The van der Waals surface area contributed by atoms with Gasteiger partial charge in [0.05, 0.1) is 0 Å². The Balaban J connectivity index is 3.10. The van der Waals surface area contributed by atoms with E-state index in [1.54, 1.807) is 5.43 Å². The van der Waals surface area contributed by atoms with Crippen LogP contribution in [0.4, 0.5) is 17.6 Å². The van der Waals surface area contributed by atoms with E-state index in [2.05, 4.69) is 4.74 Å². The van der Waals surface area contributed by atoms with Crippen molar-refractivity contribution in [1.29, 1.82) is 0 Å². The van der Waals surface area contributed by atoms with Crippen LogP contribution in [-0.2, 0) is 4.79 Å². The number of benzene rings is 1. The number of amides is 1. The first kappa shape index (κ1) is 13.2. The molecule has 8 heteroatoms. The van der Waals surface area contributed by atoms with E-state index in [0.29, 0.717) is 0 Å². The van der Waals surface area contributed by atoms with Crippen molar-refractivity contribution in [2.24, 2.45) is 5.84 Å². The van der Waals surface area contributed by atoms with Gasteiger partial charge in [-0.25, -0.2) is 14.6 Å². The molecule has 94 valence electrons. The highest BCUT2D eigenvalue weighted by molar-refractivity contribution is 5.80. The third-order valence-corrected chi connectivity index (χ3v) is 1.88.